The Labute approximate surface area is 300 Å². The van der Waals surface area contributed by atoms with Gasteiger partial charge in [0.15, 0.2) is 0 Å². The van der Waals surface area contributed by atoms with E-state index in [9.17, 15) is 0 Å². The number of rotatable bonds is 2. The van der Waals surface area contributed by atoms with E-state index in [0.29, 0.717) is 0 Å². The maximum Gasteiger partial charge on any atom is 0.132 e. The molecule has 0 amide bonds. The maximum atomic E-state index is 6.69. The molecule has 8 aromatic carbocycles. The average Bonchev–Trinajstić information content (AvgIpc) is 3.82. The molecule has 0 saturated carbocycles. The Hall–Kier alpha value is -6.84. The van der Waals surface area contributed by atoms with Crippen LogP contribution in [0.5, 0.6) is 11.5 Å². The average molecular weight is 663 g/mol. The van der Waals surface area contributed by atoms with E-state index < -0.39 is 5.41 Å². The Morgan fingerprint density at radius 3 is 1.62 bits per heavy atom. The summed E-state index contributed by atoms with van der Waals surface area (Å²) in [5, 5.41) is 5.00. The highest BCUT2D eigenvalue weighted by Gasteiger charge is 2.52. The van der Waals surface area contributed by atoms with Gasteiger partial charge in [-0.05, 0) is 71.3 Å². The number of fused-ring (bicyclic) bond motifs is 15. The molecule has 10 aromatic rings. The zero-order valence-corrected chi connectivity index (χ0v) is 28.1. The smallest absolute Gasteiger partial charge is 0.132 e. The molecule has 1 aliphatic carbocycles. The molecule has 3 nitrogen and oxygen atoms in total. The quantitative estimate of drug-likeness (QED) is 0.180. The van der Waals surface area contributed by atoms with Crippen molar-refractivity contribution in [2.45, 2.75) is 5.41 Å². The van der Waals surface area contributed by atoms with Crippen LogP contribution in [-0.4, -0.2) is 9.13 Å². The van der Waals surface area contributed by atoms with E-state index in [1.54, 1.807) is 0 Å². The molecule has 3 heterocycles. The van der Waals surface area contributed by atoms with Crippen LogP contribution in [0, 0.1) is 0 Å². The molecule has 2 aliphatic rings. The second kappa shape index (κ2) is 10.1. The van der Waals surface area contributed by atoms with Crippen LogP contribution < -0.4 is 4.74 Å². The lowest BCUT2D eigenvalue weighted by atomic mass is 9.65. The molecule has 2 aromatic heterocycles. The summed E-state index contributed by atoms with van der Waals surface area (Å²) in [4.78, 5) is 0. The third kappa shape index (κ3) is 3.40. The SMILES string of the molecule is c1ccc(-n2c3ccccc3c3cc4c5ccccc5n(-c5cccc6c5C5(c7ccccc7Oc7ccccc75)c5ccccc5-6)c4cc32)cc1. The van der Waals surface area contributed by atoms with E-state index in [1.807, 2.05) is 0 Å². The molecule has 0 unspecified atom stereocenters. The molecule has 0 fully saturated rings. The molecule has 1 spiro atoms. The van der Waals surface area contributed by atoms with Crippen LogP contribution in [0.25, 0.3) is 66.1 Å². The Morgan fingerprint density at radius 1 is 0.365 bits per heavy atom. The highest BCUT2D eigenvalue weighted by molar-refractivity contribution is 6.19. The van der Waals surface area contributed by atoms with Crippen molar-refractivity contribution < 1.29 is 4.74 Å². The van der Waals surface area contributed by atoms with Gasteiger partial charge in [-0.15, -0.1) is 0 Å². The number of ether oxygens (including phenoxy) is 1. The van der Waals surface area contributed by atoms with Crippen LogP contribution in [0.1, 0.15) is 22.3 Å². The third-order valence-electron chi connectivity index (χ3n) is 11.6. The van der Waals surface area contributed by atoms with Crippen molar-refractivity contribution in [1.29, 1.82) is 0 Å². The molecule has 242 valence electrons. The van der Waals surface area contributed by atoms with Gasteiger partial charge in [0, 0.05) is 43.9 Å². The molecule has 0 atom stereocenters. The second-order valence-electron chi connectivity index (χ2n) is 14.0. The Kier molecular flexibility index (Phi) is 5.43. The molecule has 0 saturated heterocycles. The molecule has 0 bridgehead atoms. The Morgan fingerprint density at radius 2 is 0.904 bits per heavy atom. The summed E-state index contributed by atoms with van der Waals surface area (Å²) in [7, 11) is 0. The van der Waals surface area contributed by atoms with Crippen molar-refractivity contribution in [2.75, 3.05) is 0 Å². The first kappa shape index (κ1) is 27.9. The molecule has 12 rings (SSSR count). The van der Waals surface area contributed by atoms with Crippen molar-refractivity contribution in [3.05, 3.63) is 204 Å². The molecular weight excluding hydrogens is 633 g/mol. The predicted octanol–water partition coefficient (Wildman–Crippen LogP) is 12.3. The van der Waals surface area contributed by atoms with Crippen LogP contribution in [0.4, 0.5) is 0 Å². The van der Waals surface area contributed by atoms with Gasteiger partial charge in [0.25, 0.3) is 0 Å². The van der Waals surface area contributed by atoms with E-state index in [0.717, 1.165) is 17.2 Å². The number of hydrogen-bond acceptors (Lipinski definition) is 1. The Bertz CT molecular complexity index is 3060. The first-order chi connectivity index (χ1) is 25.8. The number of nitrogens with zero attached hydrogens (tertiary/aromatic N) is 2. The van der Waals surface area contributed by atoms with E-state index >= 15 is 0 Å². The molecule has 52 heavy (non-hydrogen) atoms. The largest absolute Gasteiger partial charge is 0.457 e. The summed E-state index contributed by atoms with van der Waals surface area (Å²) in [6, 6.07) is 66.4. The van der Waals surface area contributed by atoms with Gasteiger partial charge in [-0.2, -0.15) is 0 Å². The second-order valence-corrected chi connectivity index (χ2v) is 14.0. The lowest BCUT2D eigenvalue weighted by Gasteiger charge is -2.40. The first-order valence-electron chi connectivity index (χ1n) is 17.9. The summed E-state index contributed by atoms with van der Waals surface area (Å²) >= 11 is 0. The van der Waals surface area contributed by atoms with E-state index in [2.05, 4.69) is 191 Å². The van der Waals surface area contributed by atoms with Gasteiger partial charge in [0.05, 0.1) is 33.2 Å². The predicted molar refractivity (Wildman–Crippen MR) is 212 cm³/mol. The zero-order valence-electron chi connectivity index (χ0n) is 28.1. The van der Waals surface area contributed by atoms with Gasteiger partial charge < -0.3 is 13.9 Å². The normalized spacial score (nSPS) is 13.7. The van der Waals surface area contributed by atoms with E-state index in [1.165, 1.54) is 82.7 Å². The molecule has 0 radical (unpaired) electrons. The van der Waals surface area contributed by atoms with Gasteiger partial charge in [-0.25, -0.2) is 0 Å². The van der Waals surface area contributed by atoms with Crippen LogP contribution in [0.2, 0.25) is 0 Å². The highest BCUT2D eigenvalue weighted by Crippen LogP contribution is 2.63. The number of hydrogen-bond donors (Lipinski definition) is 0. The monoisotopic (exact) mass is 662 g/mol. The summed E-state index contributed by atoms with van der Waals surface area (Å²) in [6.45, 7) is 0. The lowest BCUT2D eigenvalue weighted by molar-refractivity contribution is 0.436. The van der Waals surface area contributed by atoms with E-state index in [-0.39, 0.29) is 0 Å². The van der Waals surface area contributed by atoms with Crippen LogP contribution in [0.3, 0.4) is 0 Å². The minimum atomic E-state index is -0.589. The summed E-state index contributed by atoms with van der Waals surface area (Å²) < 4.78 is 11.6. The van der Waals surface area contributed by atoms with Gasteiger partial charge in [-0.1, -0.05) is 127 Å². The molecule has 1 aliphatic heterocycles. The van der Waals surface area contributed by atoms with Crippen molar-refractivity contribution >= 4 is 43.6 Å². The zero-order chi connectivity index (χ0) is 34.0. The molecule has 3 heteroatoms. The van der Waals surface area contributed by atoms with Crippen molar-refractivity contribution in [3.63, 3.8) is 0 Å². The van der Waals surface area contributed by atoms with Crippen LogP contribution in [-0.2, 0) is 5.41 Å². The van der Waals surface area contributed by atoms with E-state index in [4.69, 9.17) is 4.74 Å². The highest BCUT2D eigenvalue weighted by atomic mass is 16.5. The fraction of sp³-hybridized carbons (Fsp3) is 0.0204. The van der Waals surface area contributed by atoms with Crippen LogP contribution >= 0.6 is 0 Å². The summed E-state index contributed by atoms with van der Waals surface area (Å²) in [6.07, 6.45) is 0. The van der Waals surface area contributed by atoms with Gasteiger partial charge in [0.2, 0.25) is 0 Å². The third-order valence-corrected chi connectivity index (χ3v) is 11.6. The van der Waals surface area contributed by atoms with Gasteiger partial charge in [-0.3, -0.25) is 0 Å². The van der Waals surface area contributed by atoms with Gasteiger partial charge in [0.1, 0.15) is 11.5 Å². The topological polar surface area (TPSA) is 19.1 Å². The number of benzene rings is 8. The van der Waals surface area contributed by atoms with Crippen molar-refractivity contribution in [1.82, 2.24) is 9.13 Å². The number of aromatic nitrogens is 2. The lowest BCUT2D eigenvalue weighted by Crippen LogP contribution is -2.33. The Balaban J connectivity index is 1.27. The summed E-state index contributed by atoms with van der Waals surface area (Å²) in [5.41, 5.74) is 13.9. The molecule has 0 N–H and O–H groups in total. The number of para-hydroxylation sites is 5. The van der Waals surface area contributed by atoms with Gasteiger partial charge >= 0.3 is 0 Å². The fourth-order valence-electron chi connectivity index (χ4n) is 9.62. The fourth-order valence-corrected chi connectivity index (χ4v) is 9.62. The standard InChI is InChI=1S/C49H30N2O/c1-2-15-31(16-3-1)50-41-24-10-5-18-33(41)36-29-37-34-19-6-11-25-42(34)51(45(37)30-44(36)50)43-26-14-20-35-32-17-4-7-21-38(32)49(48(35)43)39-22-8-12-27-46(39)52-47-28-13-9-23-40(47)49/h1-30H. The minimum Gasteiger partial charge on any atom is -0.457 e. The molecular formula is C49H30N2O. The first-order valence-corrected chi connectivity index (χ1v) is 17.9. The maximum absolute atomic E-state index is 6.69. The van der Waals surface area contributed by atoms with Crippen molar-refractivity contribution in [2.24, 2.45) is 0 Å². The van der Waals surface area contributed by atoms with Crippen molar-refractivity contribution in [3.8, 4) is 34.0 Å². The minimum absolute atomic E-state index is 0.589. The van der Waals surface area contributed by atoms with Crippen LogP contribution in [0.15, 0.2) is 182 Å². The summed E-state index contributed by atoms with van der Waals surface area (Å²) in [5.74, 6) is 1.80.